The van der Waals surface area contributed by atoms with Crippen LogP contribution < -0.4 is 19.5 Å². The number of benzene rings is 2. The van der Waals surface area contributed by atoms with Crippen LogP contribution in [0, 0.1) is 11.3 Å². The summed E-state index contributed by atoms with van der Waals surface area (Å²) in [4.78, 5) is 12.4. The number of ether oxygens (including phenoxy) is 3. The summed E-state index contributed by atoms with van der Waals surface area (Å²) in [5.74, 6) is 1.10. The molecule has 28 heavy (non-hydrogen) atoms. The lowest BCUT2D eigenvalue weighted by atomic mass is 10.1. The molecule has 0 saturated heterocycles. The van der Waals surface area contributed by atoms with Crippen molar-refractivity contribution in [2.75, 3.05) is 20.8 Å². The van der Waals surface area contributed by atoms with Gasteiger partial charge in [0.15, 0.2) is 11.5 Å². The van der Waals surface area contributed by atoms with E-state index < -0.39 is 5.91 Å². The summed E-state index contributed by atoms with van der Waals surface area (Å²) in [6.45, 7) is 2.55. The lowest BCUT2D eigenvalue weighted by Gasteiger charge is -2.12. The number of nitriles is 1. The normalized spacial score (nSPS) is 10.8. The Balaban J connectivity index is 2.17. The van der Waals surface area contributed by atoms with Crippen LogP contribution in [0.3, 0.4) is 0 Å². The summed E-state index contributed by atoms with van der Waals surface area (Å²) in [7, 11) is 3.08. The van der Waals surface area contributed by atoms with Gasteiger partial charge in [0.2, 0.25) is 0 Å². The molecule has 0 bridgehead atoms. The minimum atomic E-state index is -0.483. The van der Waals surface area contributed by atoms with E-state index >= 15 is 0 Å². The maximum atomic E-state index is 12.4. The minimum absolute atomic E-state index is 0.0443. The zero-order valence-electron chi connectivity index (χ0n) is 15.9. The fourth-order valence-electron chi connectivity index (χ4n) is 2.47. The molecule has 0 aromatic heterocycles. The molecule has 0 radical (unpaired) electrons. The van der Waals surface area contributed by atoms with Gasteiger partial charge in [0.25, 0.3) is 5.91 Å². The van der Waals surface area contributed by atoms with Crippen molar-refractivity contribution in [1.82, 2.24) is 5.32 Å². The van der Waals surface area contributed by atoms with Crippen LogP contribution in [0.5, 0.6) is 17.2 Å². The third kappa shape index (κ3) is 5.41. The fourth-order valence-corrected chi connectivity index (χ4v) is 2.76. The molecule has 0 unspecified atom stereocenters. The molecule has 0 spiro atoms. The second kappa shape index (κ2) is 10.2. The Morgan fingerprint density at radius 1 is 1.21 bits per heavy atom. The van der Waals surface area contributed by atoms with E-state index in [1.54, 1.807) is 31.4 Å². The molecule has 2 aromatic rings. The number of nitrogens with zero attached hydrogens (tertiary/aromatic N) is 1. The molecule has 1 amide bonds. The van der Waals surface area contributed by atoms with E-state index in [1.165, 1.54) is 13.2 Å². The van der Waals surface area contributed by atoms with Crippen LogP contribution in [0.4, 0.5) is 0 Å². The van der Waals surface area contributed by atoms with Gasteiger partial charge >= 0.3 is 0 Å². The van der Waals surface area contributed by atoms with E-state index in [1.807, 2.05) is 25.1 Å². The highest BCUT2D eigenvalue weighted by Crippen LogP contribution is 2.36. The van der Waals surface area contributed by atoms with Crippen LogP contribution in [0.25, 0.3) is 6.08 Å². The van der Waals surface area contributed by atoms with Crippen molar-refractivity contribution in [1.29, 1.82) is 5.26 Å². The first kappa shape index (κ1) is 21.1. The molecule has 0 heterocycles. The number of methoxy groups -OCH3 is 2. The Morgan fingerprint density at radius 3 is 2.50 bits per heavy atom. The summed E-state index contributed by atoms with van der Waals surface area (Å²) in [5, 5.41) is 12.4. The van der Waals surface area contributed by atoms with Crippen LogP contribution >= 0.6 is 11.6 Å². The van der Waals surface area contributed by atoms with Gasteiger partial charge in [-0.1, -0.05) is 23.7 Å². The highest BCUT2D eigenvalue weighted by Gasteiger charge is 2.13. The second-order valence-electron chi connectivity index (χ2n) is 5.67. The van der Waals surface area contributed by atoms with Crippen LogP contribution in [-0.2, 0) is 11.3 Å². The predicted octanol–water partition coefficient (Wildman–Crippen LogP) is 3.98. The van der Waals surface area contributed by atoms with Crippen molar-refractivity contribution in [2.24, 2.45) is 0 Å². The van der Waals surface area contributed by atoms with E-state index in [-0.39, 0.29) is 12.1 Å². The Hall–Kier alpha value is -3.17. The SMILES string of the molecule is CCOc1cc(/C=C(/C#N)C(=O)NCc2ccc(OC)cc2)cc(Cl)c1OC. The van der Waals surface area contributed by atoms with Crippen molar-refractivity contribution in [3.05, 3.63) is 58.1 Å². The first-order valence-corrected chi connectivity index (χ1v) is 8.93. The van der Waals surface area contributed by atoms with Crippen LogP contribution in [-0.4, -0.2) is 26.7 Å². The molecule has 0 aliphatic carbocycles. The highest BCUT2D eigenvalue weighted by atomic mass is 35.5. The third-order valence-electron chi connectivity index (χ3n) is 3.82. The summed E-state index contributed by atoms with van der Waals surface area (Å²) < 4.78 is 15.9. The van der Waals surface area contributed by atoms with E-state index in [9.17, 15) is 10.1 Å². The molecule has 0 aliphatic rings. The lowest BCUT2D eigenvalue weighted by Crippen LogP contribution is -2.23. The number of hydrogen-bond acceptors (Lipinski definition) is 5. The second-order valence-corrected chi connectivity index (χ2v) is 6.07. The highest BCUT2D eigenvalue weighted by molar-refractivity contribution is 6.32. The molecule has 0 aliphatic heterocycles. The number of nitrogens with one attached hydrogen (secondary N) is 1. The van der Waals surface area contributed by atoms with Crippen molar-refractivity contribution in [3.8, 4) is 23.3 Å². The van der Waals surface area contributed by atoms with Gasteiger partial charge in [0, 0.05) is 6.54 Å². The topological polar surface area (TPSA) is 80.6 Å². The molecule has 146 valence electrons. The molecule has 2 aromatic carbocycles. The predicted molar refractivity (Wildman–Crippen MR) is 108 cm³/mol. The maximum Gasteiger partial charge on any atom is 0.262 e. The number of carbonyl (C=O) groups excluding carboxylic acids is 1. The number of amides is 1. The van der Waals surface area contributed by atoms with Gasteiger partial charge in [-0.15, -0.1) is 0 Å². The van der Waals surface area contributed by atoms with Gasteiger partial charge in [0.1, 0.15) is 17.4 Å². The van der Waals surface area contributed by atoms with Gasteiger partial charge in [0.05, 0.1) is 25.8 Å². The first-order valence-electron chi connectivity index (χ1n) is 8.55. The van der Waals surface area contributed by atoms with Gasteiger partial charge in [-0.2, -0.15) is 5.26 Å². The fraction of sp³-hybridized carbons (Fsp3) is 0.238. The zero-order chi connectivity index (χ0) is 20.5. The van der Waals surface area contributed by atoms with Crippen LogP contribution in [0.1, 0.15) is 18.1 Å². The number of rotatable bonds is 8. The molecule has 2 rings (SSSR count). The van der Waals surface area contributed by atoms with Gasteiger partial charge in [-0.3, -0.25) is 4.79 Å². The van der Waals surface area contributed by atoms with Crippen molar-refractivity contribution >= 4 is 23.6 Å². The summed E-state index contributed by atoms with van der Waals surface area (Å²) in [6.07, 6.45) is 1.46. The maximum absolute atomic E-state index is 12.4. The zero-order valence-corrected chi connectivity index (χ0v) is 16.7. The van der Waals surface area contributed by atoms with Crippen molar-refractivity contribution in [2.45, 2.75) is 13.5 Å². The molecule has 6 nitrogen and oxygen atoms in total. The molecule has 0 saturated carbocycles. The summed E-state index contributed by atoms with van der Waals surface area (Å²) in [5.41, 5.74) is 1.40. The Bertz CT molecular complexity index is 902. The van der Waals surface area contributed by atoms with E-state index in [0.29, 0.717) is 28.7 Å². The molecular weight excluding hydrogens is 380 g/mol. The molecular formula is C21H21ClN2O4. The summed E-state index contributed by atoms with van der Waals surface area (Å²) in [6, 6.07) is 12.5. The Kier molecular flexibility index (Phi) is 7.73. The largest absolute Gasteiger partial charge is 0.497 e. The van der Waals surface area contributed by atoms with Gasteiger partial charge in [-0.05, 0) is 48.4 Å². The van der Waals surface area contributed by atoms with E-state index in [4.69, 9.17) is 25.8 Å². The van der Waals surface area contributed by atoms with E-state index in [2.05, 4.69) is 5.32 Å². The van der Waals surface area contributed by atoms with Crippen LogP contribution in [0.2, 0.25) is 5.02 Å². The average Bonchev–Trinajstić information content (AvgIpc) is 2.70. The summed E-state index contributed by atoms with van der Waals surface area (Å²) >= 11 is 6.21. The molecule has 0 fully saturated rings. The van der Waals surface area contributed by atoms with Gasteiger partial charge in [-0.25, -0.2) is 0 Å². The van der Waals surface area contributed by atoms with Crippen molar-refractivity contribution < 1.29 is 19.0 Å². The minimum Gasteiger partial charge on any atom is -0.497 e. The number of carbonyl (C=O) groups is 1. The van der Waals surface area contributed by atoms with Crippen molar-refractivity contribution in [3.63, 3.8) is 0 Å². The number of halogens is 1. The lowest BCUT2D eigenvalue weighted by molar-refractivity contribution is -0.117. The van der Waals surface area contributed by atoms with E-state index in [0.717, 1.165) is 11.3 Å². The monoisotopic (exact) mass is 400 g/mol. The Labute approximate surface area is 169 Å². The third-order valence-corrected chi connectivity index (χ3v) is 4.10. The molecule has 1 N–H and O–H groups in total. The van der Waals surface area contributed by atoms with Gasteiger partial charge < -0.3 is 19.5 Å². The Morgan fingerprint density at radius 2 is 1.93 bits per heavy atom. The molecule has 7 heteroatoms. The quantitative estimate of drug-likeness (QED) is 0.535. The average molecular weight is 401 g/mol. The first-order chi connectivity index (χ1) is 13.5. The standard InChI is InChI=1S/C21H21ClN2O4/c1-4-28-19-11-15(10-18(22)20(19)27-3)9-16(12-23)21(25)24-13-14-5-7-17(26-2)8-6-14/h5-11H,4,13H2,1-3H3,(H,24,25)/b16-9-. The van der Waals surface area contributed by atoms with Crippen LogP contribution in [0.15, 0.2) is 42.0 Å². The number of hydrogen-bond donors (Lipinski definition) is 1. The smallest absolute Gasteiger partial charge is 0.262 e. The molecule has 0 atom stereocenters.